The van der Waals surface area contributed by atoms with E-state index in [0.717, 1.165) is 0 Å². The summed E-state index contributed by atoms with van der Waals surface area (Å²) >= 11 is 9.06. The van der Waals surface area contributed by atoms with Gasteiger partial charge in [-0.15, -0.1) is 0 Å². The summed E-state index contributed by atoms with van der Waals surface area (Å²) in [5.74, 6) is -0.0528. The highest BCUT2D eigenvalue weighted by atomic mass is 79.9. The maximum absolute atomic E-state index is 12.1. The fourth-order valence-corrected chi connectivity index (χ4v) is 3.11. The number of aromatic nitrogens is 2. The van der Waals surface area contributed by atoms with E-state index in [-0.39, 0.29) is 10.7 Å². The average Bonchev–Trinajstić information content (AvgIpc) is 2.63. The summed E-state index contributed by atoms with van der Waals surface area (Å²) in [5, 5.41) is 4.29. The SMILES string of the molecule is Cn1cc(S(=O)(=O)Nc2ccc(Cl)c(Br)c2)c(N)n1. The topological polar surface area (TPSA) is 90.0 Å². The van der Waals surface area contributed by atoms with E-state index in [1.165, 1.54) is 10.9 Å². The van der Waals surface area contributed by atoms with Crippen LogP contribution in [0.4, 0.5) is 11.5 Å². The van der Waals surface area contributed by atoms with Gasteiger partial charge in [-0.1, -0.05) is 11.6 Å². The minimum absolute atomic E-state index is 0.0528. The van der Waals surface area contributed by atoms with Gasteiger partial charge in [0.1, 0.15) is 4.90 Å². The predicted octanol–water partition coefficient (Wildman–Crippen LogP) is 2.22. The highest BCUT2D eigenvalue weighted by Gasteiger charge is 2.20. The van der Waals surface area contributed by atoms with Crippen LogP contribution in [0.1, 0.15) is 0 Å². The van der Waals surface area contributed by atoms with Gasteiger partial charge in [0, 0.05) is 17.7 Å². The third-order valence-corrected chi connectivity index (χ3v) is 4.90. The second-order valence-corrected chi connectivity index (χ2v) is 6.70. The lowest BCUT2D eigenvalue weighted by atomic mass is 10.3. The molecule has 0 aliphatic carbocycles. The molecule has 1 heterocycles. The normalized spacial score (nSPS) is 11.5. The van der Waals surface area contributed by atoms with Crippen LogP contribution in [0.5, 0.6) is 0 Å². The van der Waals surface area contributed by atoms with Crippen LogP contribution in [-0.4, -0.2) is 18.2 Å². The van der Waals surface area contributed by atoms with Crippen molar-refractivity contribution >= 4 is 49.1 Å². The van der Waals surface area contributed by atoms with E-state index in [9.17, 15) is 8.42 Å². The van der Waals surface area contributed by atoms with Crippen molar-refractivity contribution in [1.82, 2.24) is 9.78 Å². The molecule has 102 valence electrons. The molecule has 0 saturated carbocycles. The minimum Gasteiger partial charge on any atom is -0.381 e. The molecule has 0 aliphatic heterocycles. The molecule has 0 aliphatic rings. The first-order valence-electron chi connectivity index (χ1n) is 5.06. The number of nitrogens with zero attached hydrogens (tertiary/aromatic N) is 2. The molecule has 9 heteroatoms. The smallest absolute Gasteiger partial charge is 0.267 e. The third-order valence-electron chi connectivity index (χ3n) is 2.28. The van der Waals surface area contributed by atoms with Gasteiger partial charge in [0.2, 0.25) is 0 Å². The first-order chi connectivity index (χ1) is 8.79. The van der Waals surface area contributed by atoms with Crippen LogP contribution in [-0.2, 0) is 17.1 Å². The number of hydrogen-bond acceptors (Lipinski definition) is 4. The standard InChI is InChI=1S/C10H10BrClN4O2S/c1-16-5-9(10(13)14-16)19(17,18)15-6-2-3-8(12)7(11)4-6/h2-5,15H,1H3,(H2,13,14). The number of sulfonamides is 1. The Hall–Kier alpha value is -1.25. The van der Waals surface area contributed by atoms with E-state index < -0.39 is 10.0 Å². The lowest BCUT2D eigenvalue weighted by Crippen LogP contribution is -2.13. The molecule has 3 N–H and O–H groups in total. The van der Waals surface area contributed by atoms with E-state index in [4.69, 9.17) is 17.3 Å². The summed E-state index contributed by atoms with van der Waals surface area (Å²) in [4.78, 5) is -0.0685. The van der Waals surface area contributed by atoms with E-state index in [1.54, 1.807) is 25.2 Å². The Labute approximate surface area is 123 Å². The van der Waals surface area contributed by atoms with Gasteiger partial charge in [-0.3, -0.25) is 9.40 Å². The molecule has 0 bridgehead atoms. The number of nitrogens with one attached hydrogen (secondary N) is 1. The predicted molar refractivity (Wildman–Crippen MR) is 77.6 cm³/mol. The fraction of sp³-hybridized carbons (Fsp3) is 0.100. The number of rotatable bonds is 3. The lowest BCUT2D eigenvalue weighted by molar-refractivity contribution is 0.601. The number of nitrogen functional groups attached to an aromatic ring is 1. The van der Waals surface area contributed by atoms with E-state index >= 15 is 0 Å². The maximum atomic E-state index is 12.1. The molecular formula is C10H10BrClN4O2S. The van der Waals surface area contributed by atoms with Crippen LogP contribution >= 0.6 is 27.5 Å². The second kappa shape index (κ2) is 5.03. The Kier molecular flexibility index (Phi) is 3.75. The molecule has 1 aromatic heterocycles. The summed E-state index contributed by atoms with van der Waals surface area (Å²) in [5.41, 5.74) is 5.93. The van der Waals surface area contributed by atoms with Gasteiger partial charge in [0.15, 0.2) is 5.82 Å². The highest BCUT2D eigenvalue weighted by Crippen LogP contribution is 2.27. The van der Waals surface area contributed by atoms with Crippen molar-refractivity contribution in [2.75, 3.05) is 10.5 Å². The number of hydrogen-bond donors (Lipinski definition) is 2. The average molecular weight is 366 g/mol. The number of benzene rings is 1. The van der Waals surface area contributed by atoms with Crippen LogP contribution < -0.4 is 10.5 Å². The molecule has 6 nitrogen and oxygen atoms in total. The first kappa shape index (κ1) is 14.2. The Morgan fingerprint density at radius 3 is 2.68 bits per heavy atom. The second-order valence-electron chi connectivity index (χ2n) is 3.79. The van der Waals surface area contributed by atoms with E-state index in [2.05, 4.69) is 25.8 Å². The summed E-state index contributed by atoms with van der Waals surface area (Å²) in [7, 11) is -2.18. The number of nitrogens with two attached hydrogens (primary N) is 1. The van der Waals surface area contributed by atoms with Gasteiger partial charge >= 0.3 is 0 Å². The first-order valence-corrected chi connectivity index (χ1v) is 7.72. The Morgan fingerprint density at radius 2 is 2.16 bits per heavy atom. The molecule has 1 aromatic carbocycles. The quantitative estimate of drug-likeness (QED) is 0.872. The lowest BCUT2D eigenvalue weighted by Gasteiger charge is -2.07. The molecule has 0 amide bonds. The summed E-state index contributed by atoms with van der Waals surface area (Å²) < 4.78 is 28.6. The van der Waals surface area contributed by atoms with Crippen LogP contribution in [0, 0.1) is 0 Å². The zero-order valence-electron chi connectivity index (χ0n) is 9.76. The summed E-state index contributed by atoms with van der Waals surface area (Å²) in [6, 6.07) is 4.69. The largest absolute Gasteiger partial charge is 0.381 e. The molecule has 0 fully saturated rings. The van der Waals surface area contributed by atoms with Crippen molar-refractivity contribution in [3.63, 3.8) is 0 Å². The van der Waals surface area contributed by atoms with Gasteiger partial charge in [-0.2, -0.15) is 5.10 Å². The van der Waals surface area contributed by atoms with Crippen molar-refractivity contribution in [2.45, 2.75) is 4.90 Å². The van der Waals surface area contributed by atoms with Gasteiger partial charge in [0.25, 0.3) is 10.0 Å². The maximum Gasteiger partial charge on any atom is 0.267 e. The van der Waals surface area contributed by atoms with Crippen LogP contribution in [0.15, 0.2) is 33.8 Å². The minimum atomic E-state index is -3.78. The van der Waals surface area contributed by atoms with Gasteiger partial charge in [-0.05, 0) is 34.1 Å². The zero-order chi connectivity index (χ0) is 14.2. The van der Waals surface area contributed by atoms with Crippen molar-refractivity contribution in [3.05, 3.63) is 33.9 Å². The van der Waals surface area contributed by atoms with Gasteiger partial charge in [-0.25, -0.2) is 8.42 Å². The molecule has 0 unspecified atom stereocenters. The number of anilines is 2. The van der Waals surface area contributed by atoms with Crippen molar-refractivity contribution in [2.24, 2.45) is 7.05 Å². The van der Waals surface area contributed by atoms with Crippen molar-refractivity contribution in [1.29, 1.82) is 0 Å². The Balaban J connectivity index is 2.36. The van der Waals surface area contributed by atoms with Crippen LogP contribution in [0.25, 0.3) is 0 Å². The summed E-state index contributed by atoms with van der Waals surface area (Å²) in [6.45, 7) is 0. The summed E-state index contributed by atoms with van der Waals surface area (Å²) in [6.07, 6.45) is 1.34. The Bertz CT molecular complexity index is 729. The fourth-order valence-electron chi connectivity index (χ4n) is 1.46. The van der Waals surface area contributed by atoms with E-state index in [1.807, 2.05) is 0 Å². The van der Waals surface area contributed by atoms with Gasteiger partial charge < -0.3 is 5.73 Å². The van der Waals surface area contributed by atoms with Crippen LogP contribution in [0.3, 0.4) is 0 Å². The van der Waals surface area contributed by atoms with E-state index in [0.29, 0.717) is 15.2 Å². The molecule has 0 spiro atoms. The molecule has 0 atom stereocenters. The Morgan fingerprint density at radius 1 is 1.47 bits per heavy atom. The molecule has 19 heavy (non-hydrogen) atoms. The van der Waals surface area contributed by atoms with Gasteiger partial charge in [0.05, 0.1) is 10.7 Å². The third kappa shape index (κ3) is 3.02. The van der Waals surface area contributed by atoms with Crippen molar-refractivity contribution < 1.29 is 8.42 Å². The molecule has 2 rings (SSSR count). The number of halogens is 2. The zero-order valence-corrected chi connectivity index (χ0v) is 12.9. The van der Waals surface area contributed by atoms with Crippen LogP contribution in [0.2, 0.25) is 5.02 Å². The monoisotopic (exact) mass is 364 g/mol. The van der Waals surface area contributed by atoms with Crippen molar-refractivity contribution in [3.8, 4) is 0 Å². The molecule has 0 radical (unpaired) electrons. The highest BCUT2D eigenvalue weighted by molar-refractivity contribution is 9.10. The molecule has 0 saturated heterocycles. The molecule has 2 aromatic rings. The number of aryl methyl sites for hydroxylation is 1. The molecular weight excluding hydrogens is 356 g/mol.